The van der Waals surface area contributed by atoms with Crippen molar-refractivity contribution < 1.29 is 19.1 Å². The predicted octanol–water partition coefficient (Wildman–Crippen LogP) is 4.77. The molecule has 0 radical (unpaired) electrons. The molecule has 0 aliphatic rings. The fourth-order valence-electron chi connectivity index (χ4n) is 3.28. The Balaban J connectivity index is 1.56. The highest BCUT2D eigenvalue weighted by Gasteiger charge is 2.09. The molecular weight excluding hydrogens is 366 g/mol. The van der Waals surface area contributed by atoms with Gasteiger partial charge in [0.15, 0.2) is 0 Å². The van der Waals surface area contributed by atoms with E-state index in [1.807, 2.05) is 36.4 Å². The number of fused-ring (bicyclic) bond motifs is 3. The number of carbonyl (C=O) groups is 2. The highest BCUT2D eigenvalue weighted by Crippen LogP contribution is 2.31. The molecule has 4 rings (SSSR count). The van der Waals surface area contributed by atoms with Crippen LogP contribution in [-0.2, 0) is 9.53 Å². The molecule has 0 saturated carbocycles. The molecular formula is C24H19NO4. The van der Waals surface area contributed by atoms with Crippen molar-refractivity contribution >= 4 is 40.1 Å². The van der Waals surface area contributed by atoms with E-state index in [2.05, 4.69) is 15.8 Å². The molecule has 0 fully saturated rings. The van der Waals surface area contributed by atoms with E-state index in [0.29, 0.717) is 16.9 Å². The Labute approximate surface area is 167 Å². The lowest BCUT2D eigenvalue weighted by atomic mass is 10.1. The molecule has 0 amide bonds. The van der Waals surface area contributed by atoms with Gasteiger partial charge in [-0.05, 0) is 35.9 Å². The van der Waals surface area contributed by atoms with Gasteiger partial charge in [-0.2, -0.15) is 0 Å². The molecule has 144 valence electrons. The highest BCUT2D eigenvalue weighted by molar-refractivity contribution is 6.09. The quantitative estimate of drug-likeness (QED) is 0.295. The van der Waals surface area contributed by atoms with Crippen LogP contribution in [0, 0.1) is 0 Å². The zero-order valence-electron chi connectivity index (χ0n) is 15.8. The zero-order chi connectivity index (χ0) is 20.2. The first kappa shape index (κ1) is 18.5. The summed E-state index contributed by atoms with van der Waals surface area (Å²) in [4.78, 5) is 26.4. The number of aldehydes is 1. The van der Waals surface area contributed by atoms with Crippen molar-refractivity contribution in [2.75, 3.05) is 13.7 Å². The van der Waals surface area contributed by atoms with Gasteiger partial charge in [-0.1, -0.05) is 42.5 Å². The normalized spacial score (nSPS) is 11.6. The Hall–Kier alpha value is -3.86. The van der Waals surface area contributed by atoms with E-state index in [9.17, 15) is 9.59 Å². The number of carbonyl (C=O) groups excluding carboxylic acids is 2. The van der Waals surface area contributed by atoms with Crippen molar-refractivity contribution in [3.05, 3.63) is 83.4 Å². The Bertz CT molecular complexity index is 1220. The summed E-state index contributed by atoms with van der Waals surface area (Å²) in [6.45, 7) is 0.136. The van der Waals surface area contributed by atoms with Gasteiger partial charge in [-0.25, -0.2) is 4.79 Å². The van der Waals surface area contributed by atoms with Crippen LogP contribution in [0.4, 0.5) is 0 Å². The molecule has 5 nitrogen and oxygen atoms in total. The second-order valence-corrected chi connectivity index (χ2v) is 6.59. The average Bonchev–Trinajstić information content (AvgIpc) is 3.16. The van der Waals surface area contributed by atoms with Gasteiger partial charge in [0.1, 0.15) is 18.6 Å². The Morgan fingerprint density at radius 3 is 2.48 bits per heavy atom. The van der Waals surface area contributed by atoms with E-state index >= 15 is 0 Å². The molecule has 0 atom stereocenters. The van der Waals surface area contributed by atoms with Crippen molar-refractivity contribution in [1.82, 2.24) is 4.98 Å². The number of para-hydroxylation sites is 2. The summed E-state index contributed by atoms with van der Waals surface area (Å²) < 4.78 is 10.6. The summed E-state index contributed by atoms with van der Waals surface area (Å²) in [5.74, 6) is 0.290. The fourth-order valence-corrected chi connectivity index (χ4v) is 3.28. The van der Waals surface area contributed by atoms with Gasteiger partial charge < -0.3 is 14.5 Å². The lowest BCUT2D eigenvalue weighted by molar-refractivity contribution is -0.105. The monoisotopic (exact) mass is 385 g/mol. The van der Waals surface area contributed by atoms with E-state index < -0.39 is 5.97 Å². The number of benzene rings is 3. The van der Waals surface area contributed by atoms with Gasteiger partial charge in [-0.3, -0.25) is 4.79 Å². The minimum Gasteiger partial charge on any atom is -0.487 e. The van der Waals surface area contributed by atoms with Crippen molar-refractivity contribution in [3.63, 3.8) is 0 Å². The number of aromatic amines is 1. The van der Waals surface area contributed by atoms with E-state index in [0.717, 1.165) is 33.7 Å². The standard InChI is InChI=1S/C24H19NO4/c1-28-24(27)18-11-9-16(10-12-18)13-17(14-26)15-29-22-8-4-6-20-19-5-2-3-7-21(19)25-23(20)22/h2-14,25H,15H2,1H3/b17-13+. The maximum atomic E-state index is 11.5. The number of esters is 1. The van der Waals surface area contributed by atoms with E-state index in [-0.39, 0.29) is 6.61 Å². The van der Waals surface area contributed by atoms with Crippen molar-refractivity contribution in [1.29, 1.82) is 0 Å². The number of methoxy groups -OCH3 is 1. The van der Waals surface area contributed by atoms with Gasteiger partial charge in [-0.15, -0.1) is 0 Å². The molecule has 1 aromatic heterocycles. The summed E-state index contributed by atoms with van der Waals surface area (Å²) in [5.41, 5.74) is 3.69. The number of rotatable bonds is 6. The number of H-pyrrole nitrogens is 1. The highest BCUT2D eigenvalue weighted by atomic mass is 16.5. The zero-order valence-corrected chi connectivity index (χ0v) is 15.8. The summed E-state index contributed by atoms with van der Waals surface area (Å²) in [6.07, 6.45) is 2.51. The fraction of sp³-hybridized carbons (Fsp3) is 0.0833. The van der Waals surface area contributed by atoms with Crippen LogP contribution in [0.5, 0.6) is 5.75 Å². The maximum Gasteiger partial charge on any atom is 0.337 e. The number of hydrogen-bond donors (Lipinski definition) is 1. The topological polar surface area (TPSA) is 68.4 Å². The molecule has 3 aromatic carbocycles. The lowest BCUT2D eigenvalue weighted by Crippen LogP contribution is -2.03. The van der Waals surface area contributed by atoms with E-state index in [1.165, 1.54) is 7.11 Å². The molecule has 0 saturated heterocycles. The van der Waals surface area contributed by atoms with Crippen LogP contribution in [0.25, 0.3) is 27.9 Å². The second kappa shape index (κ2) is 8.02. The van der Waals surface area contributed by atoms with E-state index in [4.69, 9.17) is 4.74 Å². The first-order valence-corrected chi connectivity index (χ1v) is 9.16. The van der Waals surface area contributed by atoms with Crippen LogP contribution in [0.3, 0.4) is 0 Å². The molecule has 4 aromatic rings. The second-order valence-electron chi connectivity index (χ2n) is 6.59. The van der Waals surface area contributed by atoms with Crippen LogP contribution in [0.1, 0.15) is 15.9 Å². The third-order valence-electron chi connectivity index (χ3n) is 4.73. The van der Waals surface area contributed by atoms with Crippen LogP contribution < -0.4 is 4.74 Å². The molecule has 5 heteroatoms. The third kappa shape index (κ3) is 3.75. The van der Waals surface area contributed by atoms with Crippen LogP contribution >= 0.6 is 0 Å². The Morgan fingerprint density at radius 1 is 0.966 bits per heavy atom. The third-order valence-corrected chi connectivity index (χ3v) is 4.73. The number of ether oxygens (including phenoxy) is 2. The average molecular weight is 385 g/mol. The summed E-state index contributed by atoms with van der Waals surface area (Å²) in [7, 11) is 1.34. The summed E-state index contributed by atoms with van der Waals surface area (Å²) in [5, 5.41) is 2.21. The van der Waals surface area contributed by atoms with Gasteiger partial charge in [0.05, 0.1) is 18.2 Å². The first-order valence-electron chi connectivity index (χ1n) is 9.16. The van der Waals surface area contributed by atoms with Crippen LogP contribution in [-0.4, -0.2) is 31.0 Å². The molecule has 0 aliphatic heterocycles. The smallest absolute Gasteiger partial charge is 0.337 e. The molecule has 1 heterocycles. The molecule has 0 aliphatic carbocycles. The van der Waals surface area contributed by atoms with Crippen molar-refractivity contribution in [2.45, 2.75) is 0 Å². The van der Waals surface area contributed by atoms with Crippen LogP contribution in [0.15, 0.2) is 72.3 Å². The minimum atomic E-state index is -0.397. The SMILES string of the molecule is COC(=O)c1ccc(/C=C(\C=O)COc2cccc3c2[nH]c2ccccc23)cc1. The summed E-state index contributed by atoms with van der Waals surface area (Å²) >= 11 is 0. The maximum absolute atomic E-state index is 11.5. The molecule has 0 spiro atoms. The largest absolute Gasteiger partial charge is 0.487 e. The first-order chi connectivity index (χ1) is 14.2. The predicted molar refractivity (Wildman–Crippen MR) is 113 cm³/mol. The van der Waals surface area contributed by atoms with Crippen molar-refractivity contribution in [3.8, 4) is 5.75 Å². The number of aromatic nitrogens is 1. The molecule has 0 unspecified atom stereocenters. The number of hydrogen-bond acceptors (Lipinski definition) is 4. The molecule has 1 N–H and O–H groups in total. The lowest BCUT2D eigenvalue weighted by Gasteiger charge is -2.07. The molecule has 0 bridgehead atoms. The minimum absolute atomic E-state index is 0.136. The van der Waals surface area contributed by atoms with Gasteiger partial charge in [0.2, 0.25) is 0 Å². The van der Waals surface area contributed by atoms with Gasteiger partial charge in [0.25, 0.3) is 0 Å². The van der Waals surface area contributed by atoms with Crippen LogP contribution in [0.2, 0.25) is 0 Å². The number of nitrogens with one attached hydrogen (secondary N) is 1. The Kier molecular flexibility index (Phi) is 5.12. The van der Waals surface area contributed by atoms with Gasteiger partial charge in [0, 0.05) is 21.9 Å². The summed E-state index contributed by atoms with van der Waals surface area (Å²) in [6, 6.07) is 20.8. The van der Waals surface area contributed by atoms with Gasteiger partial charge >= 0.3 is 5.97 Å². The molecule has 29 heavy (non-hydrogen) atoms. The van der Waals surface area contributed by atoms with E-state index in [1.54, 1.807) is 30.3 Å². The Morgan fingerprint density at radius 2 is 1.72 bits per heavy atom. The van der Waals surface area contributed by atoms with Crippen molar-refractivity contribution in [2.24, 2.45) is 0 Å².